The van der Waals surface area contributed by atoms with E-state index in [1.807, 2.05) is 19.9 Å². The lowest BCUT2D eigenvalue weighted by Crippen LogP contribution is -2.28. The molecule has 0 saturated heterocycles. The maximum atomic E-state index is 13.4. The van der Waals surface area contributed by atoms with E-state index < -0.39 is 16.6 Å². The average molecular weight is 402 g/mol. The van der Waals surface area contributed by atoms with E-state index in [-0.39, 0.29) is 29.9 Å². The van der Waals surface area contributed by atoms with Crippen LogP contribution >= 0.6 is 0 Å². The summed E-state index contributed by atoms with van der Waals surface area (Å²) in [5.41, 5.74) is 0.650. The molecule has 2 heterocycles. The zero-order valence-corrected chi connectivity index (χ0v) is 15.8. The molecular formula is C18H19FN6O4. The first-order valence-electron chi connectivity index (χ1n) is 8.81. The number of aromatic nitrogens is 4. The van der Waals surface area contributed by atoms with E-state index in [1.54, 1.807) is 10.9 Å². The molecule has 1 amide bonds. The predicted molar refractivity (Wildman–Crippen MR) is 99.7 cm³/mol. The van der Waals surface area contributed by atoms with Crippen LogP contribution in [0.4, 0.5) is 10.1 Å². The summed E-state index contributed by atoms with van der Waals surface area (Å²) in [5.74, 6) is -1.28. The molecule has 10 nitrogen and oxygen atoms in total. The largest absolute Gasteiger partial charge is 0.464 e. The zero-order valence-electron chi connectivity index (χ0n) is 15.8. The molecule has 1 N–H and O–H groups in total. The third-order valence-corrected chi connectivity index (χ3v) is 4.18. The number of nitrogens with one attached hydrogen (secondary N) is 1. The second-order valence-electron chi connectivity index (χ2n) is 6.15. The summed E-state index contributed by atoms with van der Waals surface area (Å²) in [6.45, 7) is 4.25. The minimum atomic E-state index is -0.668. The Morgan fingerprint density at radius 3 is 2.90 bits per heavy atom. The minimum absolute atomic E-state index is 0.150. The Hall–Kier alpha value is -3.76. The summed E-state index contributed by atoms with van der Waals surface area (Å²) in [5, 5.41) is 22.1. The second-order valence-corrected chi connectivity index (χ2v) is 6.15. The second kappa shape index (κ2) is 8.50. The van der Waals surface area contributed by atoms with Crippen LogP contribution in [0.15, 0.2) is 42.7 Å². The van der Waals surface area contributed by atoms with Crippen LogP contribution in [0.5, 0.6) is 5.75 Å². The molecule has 3 rings (SSSR count). The summed E-state index contributed by atoms with van der Waals surface area (Å²) in [6, 6.07) is 5.96. The molecule has 0 saturated carbocycles. The molecule has 3 aromatic rings. The molecular weight excluding hydrogens is 383 g/mol. The number of carbonyl (C=O) groups is 1. The molecule has 11 heteroatoms. The molecule has 29 heavy (non-hydrogen) atoms. The number of nitrogens with zero attached hydrogens (tertiary/aromatic N) is 5. The lowest BCUT2D eigenvalue weighted by Gasteiger charge is -2.14. The normalized spacial score (nSPS) is 11.8. The van der Waals surface area contributed by atoms with Crippen molar-refractivity contribution >= 4 is 11.6 Å². The van der Waals surface area contributed by atoms with Crippen molar-refractivity contribution in [1.82, 2.24) is 24.9 Å². The summed E-state index contributed by atoms with van der Waals surface area (Å²) in [7, 11) is 0. The highest BCUT2D eigenvalue weighted by molar-refractivity contribution is 5.92. The quantitative estimate of drug-likeness (QED) is 0.457. The van der Waals surface area contributed by atoms with Crippen LogP contribution in [-0.4, -0.2) is 30.4 Å². The topological polar surface area (TPSA) is 117 Å². The first-order valence-corrected chi connectivity index (χ1v) is 8.81. The van der Waals surface area contributed by atoms with Gasteiger partial charge in [-0.2, -0.15) is 10.2 Å². The highest BCUT2D eigenvalue weighted by atomic mass is 19.1. The van der Waals surface area contributed by atoms with Crippen LogP contribution in [0.3, 0.4) is 0 Å². The number of carbonyl (C=O) groups excluding carboxylic acids is 1. The van der Waals surface area contributed by atoms with Crippen molar-refractivity contribution in [3.8, 4) is 5.75 Å². The van der Waals surface area contributed by atoms with Gasteiger partial charge in [-0.25, -0.2) is 9.07 Å². The van der Waals surface area contributed by atoms with Gasteiger partial charge in [0.1, 0.15) is 11.5 Å². The standard InChI is InChI=1S/C18H19FN6O4/c1-3-24-15(6-8-20-24)12(2)21-18(26)14-7-9-23(22-14)11-29-17-10-13(19)4-5-16(17)25(27)28/h4-10,12H,3,11H2,1-2H3,(H,21,26). The highest BCUT2D eigenvalue weighted by Crippen LogP contribution is 2.27. The van der Waals surface area contributed by atoms with Gasteiger partial charge in [0.05, 0.1) is 16.7 Å². The summed E-state index contributed by atoms with van der Waals surface area (Å²) in [4.78, 5) is 22.8. The number of hydrogen-bond donors (Lipinski definition) is 1. The fourth-order valence-electron chi connectivity index (χ4n) is 2.76. The van der Waals surface area contributed by atoms with Crippen molar-refractivity contribution in [1.29, 1.82) is 0 Å². The van der Waals surface area contributed by atoms with E-state index in [4.69, 9.17) is 4.74 Å². The Labute approximate surface area is 165 Å². The van der Waals surface area contributed by atoms with Crippen LogP contribution in [0.2, 0.25) is 0 Å². The fourth-order valence-corrected chi connectivity index (χ4v) is 2.76. The van der Waals surface area contributed by atoms with Gasteiger partial charge in [0.2, 0.25) is 5.75 Å². The van der Waals surface area contributed by atoms with Crippen LogP contribution in [0, 0.1) is 15.9 Å². The number of aryl methyl sites for hydroxylation is 1. The van der Waals surface area contributed by atoms with Gasteiger partial charge in [0.15, 0.2) is 6.73 Å². The zero-order chi connectivity index (χ0) is 21.0. The van der Waals surface area contributed by atoms with Crippen LogP contribution in [-0.2, 0) is 13.3 Å². The van der Waals surface area contributed by atoms with Gasteiger partial charge in [-0.3, -0.25) is 19.6 Å². The maximum Gasteiger partial charge on any atom is 0.311 e. The van der Waals surface area contributed by atoms with Crippen molar-refractivity contribution in [2.75, 3.05) is 0 Å². The first kappa shape index (κ1) is 20.0. The van der Waals surface area contributed by atoms with Gasteiger partial charge in [0, 0.05) is 31.1 Å². The van der Waals surface area contributed by atoms with Crippen molar-refractivity contribution < 1.29 is 18.8 Å². The van der Waals surface area contributed by atoms with Gasteiger partial charge in [0.25, 0.3) is 5.91 Å². The molecule has 2 aromatic heterocycles. The van der Waals surface area contributed by atoms with Crippen molar-refractivity contribution in [2.24, 2.45) is 0 Å². The fraction of sp³-hybridized carbons (Fsp3) is 0.278. The monoisotopic (exact) mass is 402 g/mol. The van der Waals surface area contributed by atoms with Crippen molar-refractivity contribution in [3.63, 3.8) is 0 Å². The highest BCUT2D eigenvalue weighted by Gasteiger charge is 2.18. The molecule has 152 valence electrons. The average Bonchev–Trinajstić information content (AvgIpc) is 3.35. The molecule has 0 fully saturated rings. The number of benzene rings is 1. The van der Waals surface area contributed by atoms with E-state index in [2.05, 4.69) is 15.5 Å². The molecule has 1 atom stereocenters. The molecule has 0 spiro atoms. The Kier molecular flexibility index (Phi) is 5.86. The van der Waals surface area contributed by atoms with Gasteiger partial charge in [-0.1, -0.05) is 0 Å². The summed E-state index contributed by atoms with van der Waals surface area (Å²) >= 11 is 0. The Balaban J connectivity index is 1.64. The molecule has 0 bridgehead atoms. The number of ether oxygens (including phenoxy) is 1. The number of hydrogen-bond acceptors (Lipinski definition) is 6. The molecule has 0 aliphatic heterocycles. The predicted octanol–water partition coefficient (Wildman–Crippen LogP) is 2.67. The van der Waals surface area contributed by atoms with E-state index in [0.717, 1.165) is 23.9 Å². The number of rotatable bonds is 8. The molecule has 1 aromatic carbocycles. The van der Waals surface area contributed by atoms with Crippen LogP contribution in [0.1, 0.15) is 36.1 Å². The van der Waals surface area contributed by atoms with Crippen LogP contribution in [0.25, 0.3) is 0 Å². The van der Waals surface area contributed by atoms with E-state index in [1.165, 1.54) is 16.9 Å². The number of amides is 1. The third-order valence-electron chi connectivity index (χ3n) is 4.18. The summed E-state index contributed by atoms with van der Waals surface area (Å²) < 4.78 is 21.7. The maximum absolute atomic E-state index is 13.4. The lowest BCUT2D eigenvalue weighted by atomic mass is 10.2. The molecule has 1 unspecified atom stereocenters. The Morgan fingerprint density at radius 2 is 2.17 bits per heavy atom. The van der Waals surface area contributed by atoms with Gasteiger partial charge < -0.3 is 10.1 Å². The number of nitro benzene ring substituents is 1. The SMILES string of the molecule is CCn1nccc1C(C)NC(=O)c1ccn(COc2cc(F)ccc2[N+](=O)[O-])n1. The van der Waals surface area contributed by atoms with Crippen molar-refractivity contribution in [3.05, 3.63) is 70.0 Å². The van der Waals surface area contributed by atoms with E-state index >= 15 is 0 Å². The molecule has 0 aliphatic carbocycles. The van der Waals surface area contributed by atoms with Crippen LogP contribution < -0.4 is 10.1 Å². The number of nitro groups is 1. The lowest BCUT2D eigenvalue weighted by molar-refractivity contribution is -0.386. The van der Waals surface area contributed by atoms with Gasteiger partial charge in [-0.15, -0.1) is 0 Å². The Bertz CT molecular complexity index is 1030. The first-order chi connectivity index (χ1) is 13.9. The Morgan fingerprint density at radius 1 is 1.38 bits per heavy atom. The summed E-state index contributed by atoms with van der Waals surface area (Å²) in [6.07, 6.45) is 3.15. The molecule has 0 radical (unpaired) electrons. The van der Waals surface area contributed by atoms with Gasteiger partial charge in [-0.05, 0) is 32.0 Å². The van der Waals surface area contributed by atoms with E-state index in [0.29, 0.717) is 6.54 Å². The van der Waals surface area contributed by atoms with Crippen molar-refractivity contribution in [2.45, 2.75) is 33.2 Å². The minimum Gasteiger partial charge on any atom is -0.464 e. The van der Waals surface area contributed by atoms with Gasteiger partial charge >= 0.3 is 5.69 Å². The smallest absolute Gasteiger partial charge is 0.311 e. The number of halogens is 1. The third kappa shape index (κ3) is 4.57. The molecule has 0 aliphatic rings. The van der Waals surface area contributed by atoms with E-state index in [9.17, 15) is 19.3 Å².